The summed E-state index contributed by atoms with van der Waals surface area (Å²) < 4.78 is 14.2. The van der Waals surface area contributed by atoms with Crippen molar-refractivity contribution < 1.29 is 4.39 Å². The van der Waals surface area contributed by atoms with Gasteiger partial charge in [-0.3, -0.25) is 0 Å². The molecule has 21 heavy (non-hydrogen) atoms. The summed E-state index contributed by atoms with van der Waals surface area (Å²) in [5.74, 6) is -0.199. The quantitative estimate of drug-likeness (QED) is 0.902. The molecule has 1 N–H and O–H groups in total. The van der Waals surface area contributed by atoms with Crippen LogP contribution < -0.4 is 10.2 Å². The zero-order valence-corrected chi connectivity index (χ0v) is 13.6. The van der Waals surface area contributed by atoms with Crippen molar-refractivity contribution in [1.29, 1.82) is 0 Å². The van der Waals surface area contributed by atoms with Gasteiger partial charge in [-0.25, -0.2) is 4.39 Å². The first-order valence-electron chi connectivity index (χ1n) is 7.11. The maximum atomic E-state index is 13.2. The van der Waals surface area contributed by atoms with Crippen LogP contribution in [0.15, 0.2) is 40.9 Å². The molecule has 2 aromatic rings. The molecule has 0 amide bonds. The minimum Gasteiger partial charge on any atom is -0.374 e. The second-order valence-corrected chi connectivity index (χ2v) is 6.33. The molecule has 0 bridgehead atoms. The van der Waals surface area contributed by atoms with Crippen molar-refractivity contribution in [2.45, 2.75) is 19.5 Å². The number of likely N-dealkylation sites (N-methyl/N-ethyl adjacent to an activating group) is 1. The van der Waals surface area contributed by atoms with Crippen LogP contribution in [0.5, 0.6) is 0 Å². The van der Waals surface area contributed by atoms with Gasteiger partial charge in [0.25, 0.3) is 0 Å². The molecule has 2 nitrogen and oxygen atoms in total. The van der Waals surface area contributed by atoms with Gasteiger partial charge in [-0.05, 0) is 47.4 Å². The van der Waals surface area contributed by atoms with Crippen molar-refractivity contribution in [3.63, 3.8) is 0 Å². The lowest BCUT2D eigenvalue weighted by Gasteiger charge is -2.12. The number of anilines is 1. The highest BCUT2D eigenvalue weighted by atomic mass is 79.9. The maximum absolute atomic E-state index is 13.2. The number of hydrogen-bond acceptors (Lipinski definition) is 2. The van der Waals surface area contributed by atoms with Crippen LogP contribution >= 0.6 is 15.9 Å². The van der Waals surface area contributed by atoms with Crippen LogP contribution in [0, 0.1) is 5.82 Å². The summed E-state index contributed by atoms with van der Waals surface area (Å²) in [6.07, 6.45) is 1.12. The van der Waals surface area contributed by atoms with Crippen molar-refractivity contribution in [1.82, 2.24) is 5.32 Å². The molecule has 0 saturated heterocycles. The van der Waals surface area contributed by atoms with Crippen LogP contribution in [-0.2, 0) is 19.5 Å². The molecule has 1 aliphatic heterocycles. The van der Waals surface area contributed by atoms with E-state index in [9.17, 15) is 4.39 Å². The van der Waals surface area contributed by atoms with Gasteiger partial charge in [0, 0.05) is 36.8 Å². The van der Waals surface area contributed by atoms with Crippen LogP contribution in [0.1, 0.15) is 16.7 Å². The number of halogens is 2. The number of nitrogens with one attached hydrogen (secondary N) is 1. The Hall–Kier alpha value is -1.39. The Morgan fingerprint density at radius 1 is 1.19 bits per heavy atom. The standard InChI is InChI=1S/C17H18BrFN2/c1-21-7-6-13-8-12(2-5-17(13)21)10-20-11-14-9-15(19)3-4-16(14)18/h2-5,8-9,20H,6-7,10-11H2,1H3. The molecule has 4 heteroatoms. The Kier molecular flexibility index (Phi) is 4.27. The third kappa shape index (κ3) is 3.27. The number of fused-ring (bicyclic) bond motifs is 1. The van der Waals surface area contributed by atoms with Crippen LogP contribution in [-0.4, -0.2) is 13.6 Å². The van der Waals surface area contributed by atoms with Crippen LogP contribution in [0.2, 0.25) is 0 Å². The van der Waals surface area contributed by atoms with Crippen molar-refractivity contribution in [2.75, 3.05) is 18.5 Å². The Labute approximate surface area is 133 Å². The van der Waals surface area contributed by atoms with Gasteiger partial charge in [-0.2, -0.15) is 0 Å². The first kappa shape index (κ1) is 14.5. The predicted molar refractivity (Wildman–Crippen MR) is 88.1 cm³/mol. The molecule has 0 atom stereocenters. The van der Waals surface area contributed by atoms with Gasteiger partial charge in [0.05, 0.1) is 0 Å². The predicted octanol–water partition coefficient (Wildman–Crippen LogP) is 3.87. The van der Waals surface area contributed by atoms with E-state index >= 15 is 0 Å². The Bertz CT molecular complexity index is 657. The van der Waals surface area contributed by atoms with E-state index < -0.39 is 0 Å². The molecule has 3 rings (SSSR count). The number of nitrogens with zero attached hydrogens (tertiary/aromatic N) is 1. The normalized spacial score (nSPS) is 13.6. The average molecular weight is 349 g/mol. The molecule has 0 aromatic heterocycles. The topological polar surface area (TPSA) is 15.3 Å². The number of benzene rings is 2. The molecule has 110 valence electrons. The fourth-order valence-corrected chi connectivity index (χ4v) is 3.14. The minimum absolute atomic E-state index is 0.199. The Morgan fingerprint density at radius 3 is 2.90 bits per heavy atom. The second-order valence-electron chi connectivity index (χ2n) is 5.47. The summed E-state index contributed by atoms with van der Waals surface area (Å²) in [5, 5.41) is 3.38. The summed E-state index contributed by atoms with van der Waals surface area (Å²) >= 11 is 3.45. The molecule has 0 spiro atoms. The van der Waals surface area contributed by atoms with Crippen LogP contribution in [0.25, 0.3) is 0 Å². The maximum Gasteiger partial charge on any atom is 0.123 e. The third-order valence-corrected chi connectivity index (χ3v) is 4.70. The van der Waals surface area contributed by atoms with Gasteiger partial charge >= 0.3 is 0 Å². The van der Waals surface area contributed by atoms with Crippen molar-refractivity contribution in [3.8, 4) is 0 Å². The molecule has 0 fully saturated rings. The van der Waals surface area contributed by atoms with Crippen molar-refractivity contribution >= 4 is 21.6 Å². The van der Waals surface area contributed by atoms with E-state index in [1.165, 1.54) is 22.9 Å². The highest BCUT2D eigenvalue weighted by Gasteiger charge is 2.15. The van der Waals surface area contributed by atoms with E-state index in [0.29, 0.717) is 6.54 Å². The van der Waals surface area contributed by atoms with Gasteiger partial charge in [0.2, 0.25) is 0 Å². The lowest BCUT2D eigenvalue weighted by molar-refractivity contribution is 0.619. The van der Waals surface area contributed by atoms with E-state index in [-0.39, 0.29) is 5.82 Å². The number of hydrogen-bond donors (Lipinski definition) is 1. The summed E-state index contributed by atoms with van der Waals surface area (Å²) in [6, 6.07) is 11.4. The Balaban J connectivity index is 1.62. The molecule has 1 aliphatic rings. The Morgan fingerprint density at radius 2 is 2.05 bits per heavy atom. The van der Waals surface area contributed by atoms with E-state index in [1.54, 1.807) is 12.1 Å². The third-order valence-electron chi connectivity index (χ3n) is 3.92. The fourth-order valence-electron chi connectivity index (χ4n) is 2.75. The fraction of sp³-hybridized carbons (Fsp3) is 0.294. The zero-order valence-electron chi connectivity index (χ0n) is 12.0. The molecular weight excluding hydrogens is 331 g/mol. The van der Waals surface area contributed by atoms with Crippen LogP contribution in [0.4, 0.5) is 10.1 Å². The highest BCUT2D eigenvalue weighted by molar-refractivity contribution is 9.10. The summed E-state index contributed by atoms with van der Waals surface area (Å²) in [4.78, 5) is 2.29. The lowest BCUT2D eigenvalue weighted by atomic mass is 10.1. The first-order chi connectivity index (χ1) is 10.1. The molecule has 0 saturated carbocycles. The molecule has 1 heterocycles. The summed E-state index contributed by atoms with van der Waals surface area (Å²) in [6.45, 7) is 2.54. The summed E-state index contributed by atoms with van der Waals surface area (Å²) in [5.41, 5.74) is 4.97. The van der Waals surface area contributed by atoms with E-state index in [0.717, 1.165) is 29.5 Å². The van der Waals surface area contributed by atoms with Gasteiger partial charge in [0.15, 0.2) is 0 Å². The van der Waals surface area contributed by atoms with Gasteiger partial charge < -0.3 is 10.2 Å². The molecular formula is C17H18BrFN2. The van der Waals surface area contributed by atoms with Crippen molar-refractivity contribution in [2.24, 2.45) is 0 Å². The summed E-state index contributed by atoms with van der Waals surface area (Å²) in [7, 11) is 2.13. The SMILES string of the molecule is CN1CCc2cc(CNCc3cc(F)ccc3Br)ccc21. The highest BCUT2D eigenvalue weighted by Crippen LogP contribution is 2.27. The first-order valence-corrected chi connectivity index (χ1v) is 7.90. The molecule has 0 radical (unpaired) electrons. The van der Waals surface area contributed by atoms with E-state index in [1.807, 2.05) is 0 Å². The average Bonchev–Trinajstić information content (AvgIpc) is 2.84. The molecule has 0 unspecified atom stereocenters. The largest absolute Gasteiger partial charge is 0.374 e. The second kappa shape index (κ2) is 6.16. The van der Waals surface area contributed by atoms with Gasteiger partial charge in [0.1, 0.15) is 5.82 Å². The monoisotopic (exact) mass is 348 g/mol. The van der Waals surface area contributed by atoms with E-state index in [2.05, 4.69) is 51.4 Å². The molecule has 0 aliphatic carbocycles. The van der Waals surface area contributed by atoms with Gasteiger partial charge in [-0.1, -0.05) is 28.1 Å². The smallest absolute Gasteiger partial charge is 0.123 e. The van der Waals surface area contributed by atoms with Crippen molar-refractivity contribution in [3.05, 3.63) is 63.4 Å². The van der Waals surface area contributed by atoms with Crippen LogP contribution in [0.3, 0.4) is 0 Å². The zero-order chi connectivity index (χ0) is 14.8. The van der Waals surface area contributed by atoms with Gasteiger partial charge in [-0.15, -0.1) is 0 Å². The minimum atomic E-state index is -0.199. The molecule has 2 aromatic carbocycles. The number of rotatable bonds is 4. The lowest BCUT2D eigenvalue weighted by Crippen LogP contribution is -2.14. The van der Waals surface area contributed by atoms with E-state index in [4.69, 9.17) is 0 Å².